The molecule has 2 aromatic carbocycles. The van der Waals surface area contributed by atoms with Gasteiger partial charge in [0, 0.05) is 5.92 Å². The maximum atomic E-state index is 12.4. The van der Waals surface area contributed by atoms with E-state index in [1.807, 2.05) is 25.1 Å². The van der Waals surface area contributed by atoms with Crippen molar-refractivity contribution in [3.8, 4) is 0 Å². The number of amides is 1. The van der Waals surface area contributed by atoms with Crippen LogP contribution in [0.3, 0.4) is 0 Å². The molecule has 0 aromatic heterocycles. The normalized spacial score (nSPS) is 20.9. The fourth-order valence-electron chi connectivity index (χ4n) is 3.17. The summed E-state index contributed by atoms with van der Waals surface area (Å²) in [6, 6.07) is 13.4. The number of carbonyl (C=O) groups is 2. The zero-order valence-electron chi connectivity index (χ0n) is 13.6. The highest BCUT2D eigenvalue weighted by Gasteiger charge is 2.45. The van der Waals surface area contributed by atoms with Crippen molar-refractivity contribution in [2.45, 2.75) is 31.7 Å². The first kappa shape index (κ1) is 16.2. The lowest BCUT2D eigenvalue weighted by Gasteiger charge is -2.13. The van der Waals surface area contributed by atoms with Gasteiger partial charge in [0.15, 0.2) is 0 Å². The molecule has 2 N–H and O–H groups in total. The minimum absolute atomic E-state index is 0.136. The first-order valence-corrected chi connectivity index (χ1v) is 8.23. The number of hydrogen-bond acceptors (Lipinski definition) is 2. The van der Waals surface area contributed by atoms with Crippen molar-refractivity contribution in [1.29, 1.82) is 0 Å². The van der Waals surface area contributed by atoms with E-state index in [-0.39, 0.29) is 17.7 Å². The summed E-state index contributed by atoms with van der Waals surface area (Å²) in [6.45, 7) is 1.83. The standard InChI is InChI=1S/C20H21NO3/c1-2-3-11-18(20(23)24)21-19(22)17-12-16(17)15-10-6-8-13-7-4-5-9-14(13)15/h2-10,16-18H,11-12H2,1H3,(H,21,22)(H,23,24)/b3-2+. The smallest absolute Gasteiger partial charge is 0.326 e. The van der Waals surface area contributed by atoms with Crippen LogP contribution >= 0.6 is 0 Å². The highest BCUT2D eigenvalue weighted by atomic mass is 16.4. The fraction of sp³-hybridized carbons (Fsp3) is 0.300. The van der Waals surface area contributed by atoms with Gasteiger partial charge in [0.2, 0.25) is 5.91 Å². The third-order valence-electron chi connectivity index (χ3n) is 4.57. The van der Waals surface area contributed by atoms with Crippen LogP contribution in [0.25, 0.3) is 10.8 Å². The minimum atomic E-state index is -0.996. The third-order valence-corrected chi connectivity index (χ3v) is 4.57. The second kappa shape index (κ2) is 6.87. The molecule has 0 saturated heterocycles. The van der Waals surface area contributed by atoms with E-state index < -0.39 is 12.0 Å². The van der Waals surface area contributed by atoms with Crippen LogP contribution in [0, 0.1) is 5.92 Å². The molecule has 0 aliphatic heterocycles. The average Bonchev–Trinajstić information content (AvgIpc) is 3.38. The maximum Gasteiger partial charge on any atom is 0.326 e. The van der Waals surface area contributed by atoms with Crippen LogP contribution in [0.2, 0.25) is 0 Å². The van der Waals surface area contributed by atoms with Crippen molar-refractivity contribution in [3.05, 3.63) is 60.2 Å². The molecule has 124 valence electrons. The van der Waals surface area contributed by atoms with Gasteiger partial charge in [0.25, 0.3) is 0 Å². The van der Waals surface area contributed by atoms with Crippen LogP contribution in [-0.2, 0) is 9.59 Å². The monoisotopic (exact) mass is 323 g/mol. The zero-order chi connectivity index (χ0) is 17.1. The molecular weight excluding hydrogens is 302 g/mol. The van der Waals surface area contributed by atoms with Gasteiger partial charge in [-0.25, -0.2) is 4.79 Å². The molecular formula is C20H21NO3. The number of carboxylic acids is 1. The van der Waals surface area contributed by atoms with Gasteiger partial charge < -0.3 is 10.4 Å². The van der Waals surface area contributed by atoms with Crippen LogP contribution in [0.5, 0.6) is 0 Å². The quantitative estimate of drug-likeness (QED) is 0.800. The summed E-state index contributed by atoms with van der Waals surface area (Å²) in [6.07, 6.45) is 4.63. The second-order valence-corrected chi connectivity index (χ2v) is 6.22. The van der Waals surface area contributed by atoms with Crippen LogP contribution in [0.4, 0.5) is 0 Å². The lowest BCUT2D eigenvalue weighted by molar-refractivity contribution is -0.141. The Bertz CT molecular complexity index is 791. The number of benzene rings is 2. The van der Waals surface area contributed by atoms with Gasteiger partial charge in [-0.3, -0.25) is 4.79 Å². The Kier molecular flexibility index (Phi) is 4.65. The number of fused-ring (bicyclic) bond motifs is 1. The average molecular weight is 323 g/mol. The van der Waals surface area contributed by atoms with Gasteiger partial charge in [-0.05, 0) is 42.0 Å². The van der Waals surface area contributed by atoms with Crippen molar-refractivity contribution in [1.82, 2.24) is 5.32 Å². The van der Waals surface area contributed by atoms with Crippen LogP contribution in [0.1, 0.15) is 31.2 Å². The molecule has 2 aromatic rings. The van der Waals surface area contributed by atoms with Crippen LogP contribution < -0.4 is 5.32 Å². The molecule has 3 rings (SSSR count). The largest absolute Gasteiger partial charge is 0.480 e. The number of rotatable bonds is 6. The van der Waals surface area contributed by atoms with Crippen molar-refractivity contribution in [2.75, 3.05) is 0 Å². The molecule has 3 atom stereocenters. The summed E-state index contributed by atoms with van der Waals surface area (Å²) in [4.78, 5) is 23.7. The summed E-state index contributed by atoms with van der Waals surface area (Å²) < 4.78 is 0. The van der Waals surface area contributed by atoms with E-state index in [9.17, 15) is 14.7 Å². The van der Waals surface area contributed by atoms with Gasteiger partial charge in [-0.2, -0.15) is 0 Å². The Morgan fingerprint density at radius 1 is 1.25 bits per heavy atom. The Labute approximate surface area is 141 Å². The highest BCUT2D eigenvalue weighted by molar-refractivity contribution is 5.91. The molecule has 1 saturated carbocycles. The molecule has 4 nitrogen and oxygen atoms in total. The van der Waals surface area contributed by atoms with E-state index in [2.05, 4.69) is 29.6 Å². The third kappa shape index (κ3) is 3.32. The van der Waals surface area contributed by atoms with Gasteiger partial charge in [-0.15, -0.1) is 0 Å². The van der Waals surface area contributed by atoms with Crippen LogP contribution in [0.15, 0.2) is 54.6 Å². The Hall–Kier alpha value is -2.62. The maximum absolute atomic E-state index is 12.4. The summed E-state index contributed by atoms with van der Waals surface area (Å²) >= 11 is 0. The molecule has 3 unspecified atom stereocenters. The van der Waals surface area contributed by atoms with Gasteiger partial charge in [-0.1, -0.05) is 54.6 Å². The first-order chi connectivity index (χ1) is 11.6. The van der Waals surface area contributed by atoms with Gasteiger partial charge in [0.1, 0.15) is 6.04 Å². The van der Waals surface area contributed by atoms with E-state index in [1.165, 1.54) is 10.9 Å². The summed E-state index contributed by atoms with van der Waals surface area (Å²) in [5.74, 6) is -1.12. The molecule has 0 radical (unpaired) electrons. The van der Waals surface area contributed by atoms with Crippen molar-refractivity contribution in [2.24, 2.45) is 5.92 Å². The number of aliphatic carboxylic acids is 1. The predicted octanol–water partition coefficient (Wildman–Crippen LogP) is 3.48. The SMILES string of the molecule is C/C=C/CC(NC(=O)C1CC1c1cccc2ccccc12)C(=O)O. The predicted molar refractivity (Wildman–Crippen MR) is 93.8 cm³/mol. The molecule has 0 heterocycles. The summed E-state index contributed by atoms with van der Waals surface area (Å²) in [7, 11) is 0. The molecule has 24 heavy (non-hydrogen) atoms. The van der Waals surface area contributed by atoms with Crippen molar-refractivity contribution >= 4 is 22.6 Å². The number of nitrogens with one attached hydrogen (secondary N) is 1. The summed E-state index contributed by atoms with van der Waals surface area (Å²) in [5, 5.41) is 14.2. The molecule has 1 aliphatic rings. The van der Waals surface area contributed by atoms with Crippen LogP contribution in [-0.4, -0.2) is 23.0 Å². The first-order valence-electron chi connectivity index (χ1n) is 8.23. The molecule has 0 bridgehead atoms. The van der Waals surface area contributed by atoms with Crippen molar-refractivity contribution in [3.63, 3.8) is 0 Å². The Balaban J connectivity index is 1.72. The molecule has 1 amide bonds. The summed E-state index contributed by atoms with van der Waals surface area (Å²) in [5.41, 5.74) is 1.17. The topological polar surface area (TPSA) is 66.4 Å². The lowest BCUT2D eigenvalue weighted by Crippen LogP contribution is -2.41. The lowest BCUT2D eigenvalue weighted by atomic mass is 10.00. The van der Waals surface area contributed by atoms with E-state index in [0.29, 0.717) is 6.42 Å². The number of hydrogen-bond donors (Lipinski definition) is 2. The molecule has 1 fully saturated rings. The highest BCUT2D eigenvalue weighted by Crippen LogP contribution is 2.49. The van der Waals surface area contributed by atoms with Gasteiger partial charge in [0.05, 0.1) is 0 Å². The van der Waals surface area contributed by atoms with E-state index in [0.717, 1.165) is 11.8 Å². The molecule has 1 aliphatic carbocycles. The molecule has 4 heteroatoms. The van der Waals surface area contributed by atoms with Crippen molar-refractivity contribution < 1.29 is 14.7 Å². The number of carbonyl (C=O) groups excluding carboxylic acids is 1. The number of allylic oxidation sites excluding steroid dienone is 1. The fourth-order valence-corrected chi connectivity index (χ4v) is 3.17. The van der Waals surface area contributed by atoms with Gasteiger partial charge >= 0.3 is 5.97 Å². The minimum Gasteiger partial charge on any atom is -0.480 e. The van der Waals surface area contributed by atoms with E-state index >= 15 is 0 Å². The Morgan fingerprint density at radius 2 is 2.00 bits per heavy atom. The second-order valence-electron chi connectivity index (χ2n) is 6.22. The molecule has 0 spiro atoms. The Morgan fingerprint density at radius 3 is 2.75 bits per heavy atom. The zero-order valence-corrected chi connectivity index (χ0v) is 13.6. The number of carboxylic acid groups (broad SMARTS) is 1. The van der Waals surface area contributed by atoms with E-state index in [1.54, 1.807) is 12.2 Å². The van der Waals surface area contributed by atoms with E-state index in [4.69, 9.17) is 0 Å².